The standard InChI is InChI=1S/C11H21N5O/c1-8(2)4-5-13-11(17)9(3)16-7-10(6-12)14-15-16/h7-9H,4-6,12H2,1-3H3,(H,13,17). The molecule has 6 nitrogen and oxygen atoms in total. The van der Waals surface area contributed by atoms with Gasteiger partial charge in [-0.15, -0.1) is 5.10 Å². The van der Waals surface area contributed by atoms with Crippen molar-refractivity contribution in [3.8, 4) is 0 Å². The molecule has 1 amide bonds. The van der Waals surface area contributed by atoms with Gasteiger partial charge in [0.15, 0.2) is 0 Å². The molecule has 6 heteroatoms. The molecule has 1 rings (SSSR count). The van der Waals surface area contributed by atoms with Crippen LogP contribution in [0.3, 0.4) is 0 Å². The molecule has 0 radical (unpaired) electrons. The van der Waals surface area contributed by atoms with E-state index in [1.807, 2.05) is 0 Å². The number of amides is 1. The Morgan fingerprint density at radius 2 is 2.24 bits per heavy atom. The lowest BCUT2D eigenvalue weighted by Crippen LogP contribution is -2.32. The number of rotatable bonds is 6. The van der Waals surface area contributed by atoms with E-state index in [0.29, 0.717) is 24.7 Å². The van der Waals surface area contributed by atoms with Crippen molar-refractivity contribution >= 4 is 5.91 Å². The van der Waals surface area contributed by atoms with Gasteiger partial charge in [-0.1, -0.05) is 19.1 Å². The average molecular weight is 239 g/mol. The molecule has 0 fully saturated rings. The van der Waals surface area contributed by atoms with Crippen molar-refractivity contribution in [2.24, 2.45) is 11.7 Å². The third-order valence-corrected chi connectivity index (χ3v) is 2.56. The SMILES string of the molecule is CC(C)CCNC(=O)C(C)n1cc(CN)nn1. The maximum absolute atomic E-state index is 11.8. The highest BCUT2D eigenvalue weighted by Gasteiger charge is 2.15. The van der Waals surface area contributed by atoms with Crippen LogP contribution >= 0.6 is 0 Å². The third-order valence-electron chi connectivity index (χ3n) is 2.56. The Morgan fingerprint density at radius 1 is 1.53 bits per heavy atom. The van der Waals surface area contributed by atoms with Crippen LogP contribution in [0.4, 0.5) is 0 Å². The van der Waals surface area contributed by atoms with Gasteiger partial charge in [-0.25, -0.2) is 4.68 Å². The Morgan fingerprint density at radius 3 is 2.76 bits per heavy atom. The molecule has 1 unspecified atom stereocenters. The van der Waals surface area contributed by atoms with E-state index in [1.165, 1.54) is 4.68 Å². The number of carbonyl (C=O) groups excluding carboxylic acids is 1. The summed E-state index contributed by atoms with van der Waals surface area (Å²) in [6.45, 7) is 7.07. The number of carbonyl (C=O) groups is 1. The van der Waals surface area contributed by atoms with Gasteiger partial charge in [-0.05, 0) is 19.3 Å². The highest BCUT2D eigenvalue weighted by atomic mass is 16.2. The fourth-order valence-electron chi connectivity index (χ4n) is 1.35. The Hall–Kier alpha value is -1.43. The minimum absolute atomic E-state index is 0.0425. The molecule has 0 bridgehead atoms. The zero-order valence-electron chi connectivity index (χ0n) is 10.7. The number of nitrogens with two attached hydrogens (primary N) is 1. The summed E-state index contributed by atoms with van der Waals surface area (Å²) in [4.78, 5) is 11.8. The molecule has 1 atom stereocenters. The lowest BCUT2D eigenvalue weighted by atomic mass is 10.1. The van der Waals surface area contributed by atoms with Gasteiger partial charge in [-0.3, -0.25) is 4.79 Å². The summed E-state index contributed by atoms with van der Waals surface area (Å²) in [7, 11) is 0. The Kier molecular flexibility index (Phi) is 5.09. The zero-order chi connectivity index (χ0) is 12.8. The molecule has 3 N–H and O–H groups in total. The van der Waals surface area contributed by atoms with E-state index in [0.717, 1.165) is 6.42 Å². The van der Waals surface area contributed by atoms with Crippen LogP contribution in [-0.4, -0.2) is 27.4 Å². The summed E-state index contributed by atoms with van der Waals surface area (Å²) < 4.78 is 1.53. The molecule has 0 aliphatic carbocycles. The number of hydrogen-bond donors (Lipinski definition) is 2. The topological polar surface area (TPSA) is 85.8 Å². The van der Waals surface area contributed by atoms with E-state index < -0.39 is 0 Å². The summed E-state index contributed by atoms with van der Waals surface area (Å²) in [5.74, 6) is 0.542. The normalized spacial score (nSPS) is 12.8. The quantitative estimate of drug-likeness (QED) is 0.755. The average Bonchev–Trinajstić information content (AvgIpc) is 2.75. The van der Waals surface area contributed by atoms with Crippen LogP contribution < -0.4 is 11.1 Å². The highest BCUT2D eigenvalue weighted by Crippen LogP contribution is 2.05. The predicted octanol–water partition coefficient (Wildman–Crippen LogP) is 0.460. The van der Waals surface area contributed by atoms with E-state index >= 15 is 0 Å². The van der Waals surface area contributed by atoms with E-state index in [4.69, 9.17) is 5.73 Å². The summed E-state index contributed by atoms with van der Waals surface area (Å²) in [5.41, 5.74) is 6.12. The van der Waals surface area contributed by atoms with E-state index in [1.54, 1.807) is 13.1 Å². The molecule has 0 aliphatic heterocycles. The molecular weight excluding hydrogens is 218 g/mol. The van der Waals surface area contributed by atoms with Gasteiger partial charge in [0.05, 0.1) is 11.9 Å². The predicted molar refractivity (Wildman–Crippen MR) is 65.1 cm³/mol. The van der Waals surface area contributed by atoms with E-state index in [2.05, 4.69) is 29.5 Å². The monoisotopic (exact) mass is 239 g/mol. The van der Waals surface area contributed by atoms with Crippen LogP contribution in [0.25, 0.3) is 0 Å². The van der Waals surface area contributed by atoms with Crippen LogP contribution in [0.15, 0.2) is 6.20 Å². The summed E-state index contributed by atoms with van der Waals surface area (Å²) in [5, 5.41) is 10.6. The molecule has 0 aromatic carbocycles. The number of aromatic nitrogens is 3. The van der Waals surface area contributed by atoms with Gasteiger partial charge in [0, 0.05) is 13.1 Å². The fraction of sp³-hybridized carbons (Fsp3) is 0.727. The fourth-order valence-corrected chi connectivity index (χ4v) is 1.35. The van der Waals surface area contributed by atoms with Crippen LogP contribution in [0.1, 0.15) is 38.9 Å². The highest BCUT2D eigenvalue weighted by molar-refractivity contribution is 5.79. The molecule has 0 saturated heterocycles. The molecule has 0 saturated carbocycles. The van der Waals surface area contributed by atoms with Crippen molar-refractivity contribution in [3.05, 3.63) is 11.9 Å². The molecular formula is C11H21N5O. The number of nitrogens with zero attached hydrogens (tertiary/aromatic N) is 3. The first-order valence-corrected chi connectivity index (χ1v) is 5.93. The van der Waals surface area contributed by atoms with Crippen molar-refractivity contribution in [1.29, 1.82) is 0 Å². The molecule has 0 aliphatic rings. The number of nitrogens with one attached hydrogen (secondary N) is 1. The molecule has 1 aromatic rings. The largest absolute Gasteiger partial charge is 0.354 e. The molecule has 17 heavy (non-hydrogen) atoms. The molecule has 0 spiro atoms. The Balaban J connectivity index is 2.45. The molecule has 1 heterocycles. The van der Waals surface area contributed by atoms with Crippen molar-refractivity contribution in [3.63, 3.8) is 0 Å². The van der Waals surface area contributed by atoms with Crippen LogP contribution in [0.5, 0.6) is 0 Å². The van der Waals surface area contributed by atoms with Gasteiger partial charge in [-0.2, -0.15) is 0 Å². The van der Waals surface area contributed by atoms with Crippen molar-refractivity contribution in [2.45, 2.75) is 39.8 Å². The number of hydrogen-bond acceptors (Lipinski definition) is 4. The third kappa shape index (κ3) is 4.14. The van der Waals surface area contributed by atoms with Crippen LogP contribution in [0, 0.1) is 5.92 Å². The maximum Gasteiger partial charge on any atom is 0.244 e. The molecule has 96 valence electrons. The van der Waals surface area contributed by atoms with Gasteiger partial charge >= 0.3 is 0 Å². The van der Waals surface area contributed by atoms with Crippen molar-refractivity contribution in [2.75, 3.05) is 6.54 Å². The minimum Gasteiger partial charge on any atom is -0.354 e. The van der Waals surface area contributed by atoms with Crippen molar-refractivity contribution < 1.29 is 4.79 Å². The van der Waals surface area contributed by atoms with Gasteiger partial charge in [0.25, 0.3) is 0 Å². The summed E-state index contributed by atoms with van der Waals surface area (Å²) >= 11 is 0. The lowest BCUT2D eigenvalue weighted by Gasteiger charge is -2.12. The Bertz CT molecular complexity index is 360. The second-order valence-electron chi connectivity index (χ2n) is 4.54. The first-order valence-electron chi connectivity index (χ1n) is 5.93. The lowest BCUT2D eigenvalue weighted by molar-refractivity contribution is -0.124. The van der Waals surface area contributed by atoms with Gasteiger partial charge in [0.2, 0.25) is 5.91 Å². The maximum atomic E-state index is 11.8. The van der Waals surface area contributed by atoms with Crippen LogP contribution in [0.2, 0.25) is 0 Å². The second kappa shape index (κ2) is 6.34. The van der Waals surface area contributed by atoms with E-state index in [9.17, 15) is 4.79 Å². The first-order chi connectivity index (χ1) is 8.04. The summed E-state index contributed by atoms with van der Waals surface area (Å²) in [6, 6.07) is -0.352. The summed E-state index contributed by atoms with van der Waals surface area (Å²) in [6.07, 6.45) is 2.68. The molecule has 1 aromatic heterocycles. The smallest absolute Gasteiger partial charge is 0.244 e. The second-order valence-corrected chi connectivity index (χ2v) is 4.54. The first kappa shape index (κ1) is 13.6. The van der Waals surface area contributed by atoms with E-state index in [-0.39, 0.29) is 11.9 Å². The van der Waals surface area contributed by atoms with Gasteiger partial charge < -0.3 is 11.1 Å². The van der Waals surface area contributed by atoms with Crippen molar-refractivity contribution in [1.82, 2.24) is 20.3 Å². The zero-order valence-corrected chi connectivity index (χ0v) is 10.7. The van der Waals surface area contributed by atoms with Crippen LogP contribution in [-0.2, 0) is 11.3 Å². The van der Waals surface area contributed by atoms with Gasteiger partial charge in [0.1, 0.15) is 6.04 Å². The Labute approximate surface area is 102 Å². The minimum atomic E-state index is -0.352.